The van der Waals surface area contributed by atoms with E-state index in [0.717, 1.165) is 11.4 Å². The van der Waals surface area contributed by atoms with E-state index in [1.165, 1.54) is 0 Å². The Kier molecular flexibility index (Phi) is 4.92. The minimum Gasteiger partial charge on any atom is -0.497 e. The van der Waals surface area contributed by atoms with Gasteiger partial charge in [0.15, 0.2) is 5.82 Å². The Balaban J connectivity index is 1.56. The van der Waals surface area contributed by atoms with Crippen molar-refractivity contribution in [3.8, 4) is 23.0 Å². The van der Waals surface area contributed by atoms with Crippen molar-refractivity contribution < 1.29 is 18.8 Å². The molecule has 3 aromatic rings. The Morgan fingerprint density at radius 2 is 1.93 bits per heavy atom. The molecule has 0 N–H and O–H groups in total. The Morgan fingerprint density at radius 3 is 2.64 bits per heavy atom. The van der Waals surface area contributed by atoms with Crippen LogP contribution in [0.5, 0.6) is 11.5 Å². The van der Waals surface area contributed by atoms with Gasteiger partial charge in [0.2, 0.25) is 5.91 Å². The van der Waals surface area contributed by atoms with Gasteiger partial charge in [0.25, 0.3) is 5.89 Å². The zero-order valence-corrected chi connectivity index (χ0v) is 16.1. The van der Waals surface area contributed by atoms with Gasteiger partial charge in [0.05, 0.1) is 19.8 Å². The molecule has 1 fully saturated rings. The van der Waals surface area contributed by atoms with Crippen molar-refractivity contribution in [2.24, 2.45) is 0 Å². The molecule has 0 spiro atoms. The molecular weight excluding hydrogens is 382 g/mol. The summed E-state index contributed by atoms with van der Waals surface area (Å²) in [6.07, 6.45) is 0.317. The molecule has 28 heavy (non-hydrogen) atoms. The zero-order valence-electron chi connectivity index (χ0n) is 15.4. The van der Waals surface area contributed by atoms with E-state index in [9.17, 15) is 4.79 Å². The molecule has 1 amide bonds. The van der Waals surface area contributed by atoms with Crippen LogP contribution >= 0.6 is 11.6 Å². The molecule has 4 rings (SSSR count). The van der Waals surface area contributed by atoms with Crippen LogP contribution in [0.15, 0.2) is 47.0 Å². The zero-order chi connectivity index (χ0) is 19.7. The smallest absolute Gasteiger partial charge is 0.261 e. The Morgan fingerprint density at radius 1 is 1.14 bits per heavy atom. The number of methoxy groups -OCH3 is 2. The van der Waals surface area contributed by atoms with Gasteiger partial charge in [-0.3, -0.25) is 4.79 Å². The van der Waals surface area contributed by atoms with Crippen molar-refractivity contribution in [3.05, 3.63) is 53.3 Å². The normalized spacial score (nSPS) is 16.5. The summed E-state index contributed by atoms with van der Waals surface area (Å²) in [6, 6.07) is 12.5. The molecular formula is C20H18ClN3O4. The summed E-state index contributed by atoms with van der Waals surface area (Å²) in [5, 5.41) is 4.63. The molecule has 1 aliphatic rings. The van der Waals surface area contributed by atoms with Gasteiger partial charge in [-0.1, -0.05) is 16.8 Å². The van der Waals surface area contributed by atoms with E-state index >= 15 is 0 Å². The highest BCUT2D eigenvalue weighted by Crippen LogP contribution is 2.35. The highest BCUT2D eigenvalue weighted by Gasteiger charge is 2.34. The number of rotatable bonds is 5. The summed E-state index contributed by atoms with van der Waals surface area (Å²) in [6.45, 7) is 0.483. The Labute approximate surface area is 166 Å². The lowest BCUT2D eigenvalue weighted by atomic mass is 10.1. The van der Waals surface area contributed by atoms with E-state index in [1.54, 1.807) is 37.3 Å². The van der Waals surface area contributed by atoms with E-state index in [-0.39, 0.29) is 11.8 Å². The van der Waals surface area contributed by atoms with E-state index in [2.05, 4.69) is 10.1 Å². The van der Waals surface area contributed by atoms with Crippen LogP contribution in [0, 0.1) is 0 Å². The maximum Gasteiger partial charge on any atom is 0.261 e. The highest BCUT2D eigenvalue weighted by atomic mass is 35.5. The number of hydrogen-bond acceptors (Lipinski definition) is 6. The first kappa shape index (κ1) is 18.3. The average molecular weight is 400 g/mol. The largest absolute Gasteiger partial charge is 0.497 e. The van der Waals surface area contributed by atoms with E-state index in [1.807, 2.05) is 24.3 Å². The third-order valence-corrected chi connectivity index (χ3v) is 4.94. The lowest BCUT2D eigenvalue weighted by Gasteiger charge is -2.16. The Bertz CT molecular complexity index is 1000. The molecule has 0 unspecified atom stereocenters. The van der Waals surface area contributed by atoms with Crippen molar-refractivity contribution >= 4 is 23.2 Å². The molecule has 0 aliphatic carbocycles. The minimum atomic E-state index is -0.155. The number of nitrogens with zero attached hydrogens (tertiary/aromatic N) is 3. The van der Waals surface area contributed by atoms with E-state index in [4.69, 9.17) is 25.6 Å². The third kappa shape index (κ3) is 3.41. The van der Waals surface area contributed by atoms with Crippen LogP contribution in [0.1, 0.15) is 18.2 Å². The molecule has 1 aliphatic heterocycles. The predicted octanol–water partition coefficient (Wildman–Crippen LogP) is 3.93. The molecule has 1 saturated heterocycles. The summed E-state index contributed by atoms with van der Waals surface area (Å²) < 4.78 is 15.9. The number of ether oxygens (including phenoxy) is 2. The van der Waals surface area contributed by atoms with Crippen molar-refractivity contribution in [1.29, 1.82) is 0 Å². The number of carbonyl (C=O) groups excluding carboxylic acids is 1. The lowest BCUT2D eigenvalue weighted by Crippen LogP contribution is -2.24. The number of amides is 1. The number of aromatic nitrogens is 2. The lowest BCUT2D eigenvalue weighted by molar-refractivity contribution is -0.117. The fourth-order valence-electron chi connectivity index (χ4n) is 3.25. The van der Waals surface area contributed by atoms with Crippen LogP contribution in [0.2, 0.25) is 5.02 Å². The average Bonchev–Trinajstić information content (AvgIpc) is 3.35. The minimum absolute atomic E-state index is 0.0156. The summed E-state index contributed by atoms with van der Waals surface area (Å²) >= 11 is 6.08. The van der Waals surface area contributed by atoms with E-state index < -0.39 is 0 Å². The topological polar surface area (TPSA) is 77.7 Å². The second kappa shape index (κ2) is 7.52. The number of carbonyl (C=O) groups is 1. The van der Waals surface area contributed by atoms with Crippen molar-refractivity contribution in [1.82, 2.24) is 10.1 Å². The summed E-state index contributed by atoms with van der Waals surface area (Å²) in [5.41, 5.74) is 1.43. The Hall–Kier alpha value is -3.06. The van der Waals surface area contributed by atoms with Gasteiger partial charge in [-0.05, 0) is 42.5 Å². The highest BCUT2D eigenvalue weighted by molar-refractivity contribution is 6.30. The molecule has 2 heterocycles. The van der Waals surface area contributed by atoms with Crippen LogP contribution in [-0.2, 0) is 4.79 Å². The summed E-state index contributed by atoms with van der Waals surface area (Å²) in [7, 11) is 3.17. The molecule has 1 aromatic heterocycles. The van der Waals surface area contributed by atoms with Gasteiger partial charge >= 0.3 is 0 Å². The van der Waals surface area contributed by atoms with E-state index in [0.29, 0.717) is 41.0 Å². The second-order valence-corrected chi connectivity index (χ2v) is 6.84. The maximum absolute atomic E-state index is 12.5. The van der Waals surface area contributed by atoms with Gasteiger partial charge in [-0.25, -0.2) is 0 Å². The summed E-state index contributed by atoms with van der Waals surface area (Å²) in [4.78, 5) is 18.7. The molecule has 0 bridgehead atoms. The van der Waals surface area contributed by atoms with Crippen molar-refractivity contribution in [3.63, 3.8) is 0 Å². The van der Waals surface area contributed by atoms with Gasteiger partial charge in [0.1, 0.15) is 11.5 Å². The van der Waals surface area contributed by atoms with Crippen molar-refractivity contribution in [2.45, 2.75) is 12.3 Å². The predicted molar refractivity (Wildman–Crippen MR) is 104 cm³/mol. The summed E-state index contributed by atoms with van der Waals surface area (Å²) in [5.74, 6) is 1.98. The second-order valence-electron chi connectivity index (χ2n) is 6.41. The van der Waals surface area contributed by atoms with Crippen LogP contribution < -0.4 is 14.4 Å². The fourth-order valence-corrected chi connectivity index (χ4v) is 3.42. The monoisotopic (exact) mass is 399 g/mol. The van der Waals surface area contributed by atoms with Crippen molar-refractivity contribution in [2.75, 3.05) is 25.7 Å². The van der Waals surface area contributed by atoms with Gasteiger partial charge < -0.3 is 18.9 Å². The SMILES string of the molecule is COc1ccc(N2C[C@@H](c3noc(-c4cc(Cl)ccc4OC)n3)CC2=O)cc1. The fraction of sp³-hybridized carbons (Fsp3) is 0.250. The van der Waals surface area contributed by atoms with Crippen LogP contribution in [0.25, 0.3) is 11.5 Å². The van der Waals surface area contributed by atoms with Crippen LogP contribution in [0.4, 0.5) is 5.69 Å². The first-order chi connectivity index (χ1) is 13.6. The third-order valence-electron chi connectivity index (χ3n) is 4.71. The van der Waals surface area contributed by atoms with Gasteiger partial charge in [0, 0.05) is 29.6 Å². The van der Waals surface area contributed by atoms with Gasteiger partial charge in [-0.15, -0.1) is 0 Å². The first-order valence-corrected chi connectivity index (χ1v) is 9.08. The molecule has 144 valence electrons. The quantitative estimate of drug-likeness (QED) is 0.647. The van der Waals surface area contributed by atoms with Gasteiger partial charge in [-0.2, -0.15) is 4.98 Å². The molecule has 7 nitrogen and oxygen atoms in total. The standard InChI is InChI=1S/C20H18ClN3O4/c1-26-15-6-4-14(5-7-15)24-11-12(9-18(24)25)19-22-20(28-23-19)16-10-13(21)3-8-17(16)27-2/h3-8,10,12H,9,11H2,1-2H3/t12-/m0/s1. The molecule has 1 atom stereocenters. The number of benzene rings is 2. The molecule has 0 saturated carbocycles. The number of anilines is 1. The maximum atomic E-state index is 12.5. The number of hydrogen-bond donors (Lipinski definition) is 0. The number of halogens is 1. The first-order valence-electron chi connectivity index (χ1n) is 8.71. The van der Waals surface area contributed by atoms with Crippen LogP contribution in [-0.4, -0.2) is 36.8 Å². The molecule has 0 radical (unpaired) electrons. The molecule has 8 heteroatoms. The van der Waals surface area contributed by atoms with Crippen LogP contribution in [0.3, 0.4) is 0 Å². The molecule has 2 aromatic carbocycles.